The Morgan fingerprint density at radius 2 is 1.94 bits per heavy atom. The van der Waals surface area contributed by atoms with Crippen molar-refractivity contribution in [2.45, 2.75) is 20.3 Å². The number of aromatic nitrogens is 2. The quantitative estimate of drug-likeness (QED) is 0.281. The summed E-state index contributed by atoms with van der Waals surface area (Å²) in [5.74, 6) is 0. The Balaban J connectivity index is 2.33. The van der Waals surface area contributed by atoms with E-state index >= 15 is 0 Å². The lowest BCUT2D eigenvalue weighted by atomic mass is 10.1. The second-order valence-corrected chi connectivity index (χ2v) is 7.64. The van der Waals surface area contributed by atoms with Crippen molar-refractivity contribution < 1.29 is 0 Å². The number of aryl methyl sites for hydroxylation is 1. The molecule has 0 fully saturated rings. The summed E-state index contributed by atoms with van der Waals surface area (Å²) in [5.41, 5.74) is 14.3. The Morgan fingerprint density at radius 1 is 1.18 bits per heavy atom. The van der Waals surface area contributed by atoms with Crippen LogP contribution in [0.25, 0.3) is 34.4 Å². The molecule has 166 valence electrons. The van der Waals surface area contributed by atoms with E-state index in [0.29, 0.717) is 12.1 Å². The molecule has 0 atom stereocenters. The molecule has 0 unspecified atom stereocenters. The predicted molar refractivity (Wildman–Crippen MR) is 144 cm³/mol. The van der Waals surface area contributed by atoms with Crippen LogP contribution in [-0.4, -0.2) is 15.8 Å². The van der Waals surface area contributed by atoms with Gasteiger partial charge in [0.05, 0.1) is 11.2 Å². The minimum absolute atomic E-state index is 0.610. The van der Waals surface area contributed by atoms with Gasteiger partial charge in [0.2, 0.25) is 0 Å². The van der Waals surface area contributed by atoms with E-state index in [1.165, 1.54) is 11.8 Å². The van der Waals surface area contributed by atoms with E-state index in [2.05, 4.69) is 60.0 Å². The fourth-order valence-electron chi connectivity index (χ4n) is 3.81. The molecule has 4 nitrogen and oxygen atoms in total. The van der Waals surface area contributed by atoms with Crippen LogP contribution in [0.1, 0.15) is 35.7 Å². The molecule has 0 radical (unpaired) electrons. The molecule has 3 rings (SSSR count). The highest BCUT2D eigenvalue weighted by atomic mass is 15.0. The number of nitrogens with zero attached hydrogens (tertiary/aromatic N) is 2. The first-order valence-electron chi connectivity index (χ1n) is 10.8. The molecule has 2 heterocycles. The summed E-state index contributed by atoms with van der Waals surface area (Å²) in [6.45, 7) is 12.1. The van der Waals surface area contributed by atoms with E-state index in [4.69, 9.17) is 11.1 Å². The highest BCUT2D eigenvalue weighted by molar-refractivity contribution is 5.98. The minimum Gasteiger partial charge on any atom is -0.398 e. The van der Waals surface area contributed by atoms with E-state index in [-0.39, 0.29) is 0 Å². The first-order valence-corrected chi connectivity index (χ1v) is 10.8. The van der Waals surface area contributed by atoms with Crippen molar-refractivity contribution in [2.24, 2.45) is 5.73 Å². The van der Waals surface area contributed by atoms with Crippen molar-refractivity contribution in [3.63, 3.8) is 0 Å². The van der Waals surface area contributed by atoms with Crippen LogP contribution in [0.4, 0.5) is 0 Å². The van der Waals surface area contributed by atoms with Crippen LogP contribution in [-0.2, 0) is 0 Å². The van der Waals surface area contributed by atoms with Gasteiger partial charge in [0.25, 0.3) is 0 Å². The fraction of sp³-hybridized carbons (Fsp3) is 0.103. The number of pyridine rings is 1. The first kappa shape index (κ1) is 23.5. The molecule has 33 heavy (non-hydrogen) atoms. The van der Waals surface area contributed by atoms with Gasteiger partial charge in [-0.15, -0.1) is 0 Å². The average Bonchev–Trinajstić information content (AvgIpc) is 3.13. The van der Waals surface area contributed by atoms with Gasteiger partial charge in [-0.2, -0.15) is 0 Å². The highest BCUT2D eigenvalue weighted by Crippen LogP contribution is 2.33. The monoisotopic (exact) mass is 434 g/mol. The Bertz CT molecular complexity index is 1300. The first-order chi connectivity index (χ1) is 16.0. The second-order valence-electron chi connectivity index (χ2n) is 7.64. The summed E-state index contributed by atoms with van der Waals surface area (Å²) in [4.78, 5) is 4.10. The van der Waals surface area contributed by atoms with Crippen LogP contribution >= 0.6 is 0 Å². The average molecular weight is 435 g/mol. The standard InChI is InChI=1S/C29H30N4/c1-5-8-28-25(7-3)26-19-21(4)9-12-29(26)33(28)24(11-10-22(6-2)13-16-30)20-27(31)23-14-17-32-18-15-23/h5-9,11-20,30H,2-3,10,31H2,1,4H3/b8-5-,22-13+,24-11+,27-20-,30-16?. The number of fused-ring (bicyclic) bond motifs is 1. The molecule has 0 aliphatic carbocycles. The topological polar surface area (TPSA) is 67.7 Å². The molecule has 1 aromatic carbocycles. The molecule has 3 N–H and O–H groups in total. The maximum atomic E-state index is 7.42. The van der Waals surface area contributed by atoms with Crippen LogP contribution in [0.2, 0.25) is 0 Å². The molecule has 0 spiro atoms. The Kier molecular flexibility index (Phi) is 7.77. The van der Waals surface area contributed by atoms with Gasteiger partial charge in [-0.3, -0.25) is 4.98 Å². The van der Waals surface area contributed by atoms with E-state index < -0.39 is 0 Å². The van der Waals surface area contributed by atoms with Crippen molar-refractivity contribution >= 4 is 40.7 Å². The van der Waals surface area contributed by atoms with Gasteiger partial charge in [0.1, 0.15) is 0 Å². The minimum atomic E-state index is 0.610. The third-order valence-electron chi connectivity index (χ3n) is 5.41. The molecule has 0 aliphatic heterocycles. The lowest BCUT2D eigenvalue weighted by Crippen LogP contribution is -2.03. The van der Waals surface area contributed by atoms with E-state index in [1.54, 1.807) is 24.5 Å². The zero-order chi connectivity index (χ0) is 23.8. The molecule has 0 saturated carbocycles. The number of allylic oxidation sites excluding steroid dienone is 7. The van der Waals surface area contributed by atoms with Gasteiger partial charge in [0, 0.05) is 46.5 Å². The zero-order valence-corrected chi connectivity index (χ0v) is 19.3. The second kappa shape index (κ2) is 10.9. The molecule has 0 saturated heterocycles. The summed E-state index contributed by atoms with van der Waals surface area (Å²) < 4.78 is 2.21. The third kappa shape index (κ3) is 5.18. The van der Waals surface area contributed by atoms with E-state index in [1.807, 2.05) is 37.3 Å². The van der Waals surface area contributed by atoms with Crippen molar-refractivity contribution in [1.82, 2.24) is 9.55 Å². The van der Waals surface area contributed by atoms with Crippen molar-refractivity contribution in [3.05, 3.63) is 114 Å². The summed E-state index contributed by atoms with van der Waals surface area (Å²) in [6, 6.07) is 10.2. The summed E-state index contributed by atoms with van der Waals surface area (Å²) in [7, 11) is 0. The van der Waals surface area contributed by atoms with Gasteiger partial charge < -0.3 is 15.7 Å². The van der Waals surface area contributed by atoms with Crippen LogP contribution in [0.15, 0.2) is 91.8 Å². The van der Waals surface area contributed by atoms with Gasteiger partial charge in [-0.05, 0) is 68.3 Å². The lowest BCUT2D eigenvalue weighted by molar-refractivity contribution is 1.13. The molecule has 2 aromatic heterocycles. The summed E-state index contributed by atoms with van der Waals surface area (Å²) >= 11 is 0. The van der Waals surface area contributed by atoms with Crippen LogP contribution < -0.4 is 5.73 Å². The smallest absolute Gasteiger partial charge is 0.0541 e. The maximum absolute atomic E-state index is 7.42. The SMILES string of the molecule is C=C/C(=C\C=N)C/C=C(\C=C(/N)c1ccncc1)n1c(/C=C\C)c(C=C)c2cc(C)ccc21. The lowest BCUT2D eigenvalue weighted by Gasteiger charge is -2.13. The summed E-state index contributed by atoms with van der Waals surface area (Å²) in [6.07, 6.45) is 19.0. The zero-order valence-electron chi connectivity index (χ0n) is 19.3. The molecule has 0 aliphatic rings. The summed E-state index contributed by atoms with van der Waals surface area (Å²) in [5, 5.41) is 8.56. The van der Waals surface area contributed by atoms with Gasteiger partial charge >= 0.3 is 0 Å². The van der Waals surface area contributed by atoms with Crippen LogP contribution in [0.3, 0.4) is 0 Å². The number of nitrogens with two attached hydrogens (primary N) is 1. The van der Waals surface area contributed by atoms with Crippen molar-refractivity contribution in [1.29, 1.82) is 5.41 Å². The normalized spacial score (nSPS) is 13.0. The van der Waals surface area contributed by atoms with E-state index in [0.717, 1.165) is 39.0 Å². The Morgan fingerprint density at radius 3 is 2.58 bits per heavy atom. The molecule has 3 aromatic rings. The Hall–Kier alpha value is -4.18. The fourth-order valence-corrected chi connectivity index (χ4v) is 3.81. The van der Waals surface area contributed by atoms with E-state index in [9.17, 15) is 0 Å². The highest BCUT2D eigenvalue weighted by Gasteiger charge is 2.16. The van der Waals surface area contributed by atoms with Gasteiger partial charge in [-0.25, -0.2) is 0 Å². The molecular formula is C29H30N4. The van der Waals surface area contributed by atoms with Crippen LogP contribution in [0, 0.1) is 12.3 Å². The predicted octanol–water partition coefficient (Wildman–Crippen LogP) is 7.01. The molecular weight excluding hydrogens is 404 g/mol. The van der Waals surface area contributed by atoms with Crippen molar-refractivity contribution in [3.8, 4) is 0 Å². The number of nitrogens with one attached hydrogen (secondary N) is 1. The van der Waals surface area contributed by atoms with Gasteiger partial charge in [0.15, 0.2) is 0 Å². The number of hydrogen-bond donors (Lipinski definition) is 2. The largest absolute Gasteiger partial charge is 0.398 e. The Labute approximate surface area is 196 Å². The number of benzene rings is 1. The third-order valence-corrected chi connectivity index (χ3v) is 5.41. The van der Waals surface area contributed by atoms with Gasteiger partial charge in [-0.1, -0.05) is 49.1 Å². The molecule has 4 heteroatoms. The maximum Gasteiger partial charge on any atom is 0.0541 e. The van der Waals surface area contributed by atoms with Crippen LogP contribution in [0.5, 0.6) is 0 Å². The molecule has 0 bridgehead atoms. The number of rotatable bonds is 9. The molecule has 0 amide bonds. The number of hydrogen-bond acceptors (Lipinski definition) is 3. The van der Waals surface area contributed by atoms with Crippen molar-refractivity contribution in [2.75, 3.05) is 0 Å².